The molecule has 0 spiro atoms. The van der Waals surface area contributed by atoms with Gasteiger partial charge in [-0.15, -0.1) is 22.7 Å². The van der Waals surface area contributed by atoms with E-state index in [2.05, 4.69) is 11.4 Å². The predicted molar refractivity (Wildman–Crippen MR) is 71.5 cm³/mol. The van der Waals surface area contributed by atoms with Gasteiger partial charge in [0.05, 0.1) is 11.4 Å². The lowest BCUT2D eigenvalue weighted by molar-refractivity contribution is 0.0736. The van der Waals surface area contributed by atoms with Crippen LogP contribution in [-0.2, 0) is 6.54 Å². The molecule has 0 aromatic carbocycles. The number of hydrogen-bond acceptors (Lipinski definition) is 3. The van der Waals surface area contributed by atoms with Crippen LogP contribution in [0.5, 0.6) is 0 Å². The first-order valence-electron chi connectivity index (χ1n) is 5.71. The summed E-state index contributed by atoms with van der Waals surface area (Å²) in [5.74, 6) is 0.191. The lowest BCUT2D eigenvalue weighted by atomic mass is 10.3. The summed E-state index contributed by atoms with van der Waals surface area (Å²) in [5.41, 5.74) is 0. The molecular weight excluding hydrogens is 250 g/mol. The van der Waals surface area contributed by atoms with E-state index < -0.39 is 0 Å². The third-order valence-corrected chi connectivity index (χ3v) is 4.61. The Balaban J connectivity index is 1.78. The predicted octanol–water partition coefficient (Wildman–Crippen LogP) is 3.61. The molecule has 0 N–H and O–H groups in total. The molecule has 2 aromatic rings. The van der Waals surface area contributed by atoms with Crippen molar-refractivity contribution in [3.63, 3.8) is 0 Å². The van der Waals surface area contributed by atoms with Gasteiger partial charge in [0.15, 0.2) is 0 Å². The van der Waals surface area contributed by atoms with E-state index in [9.17, 15) is 4.79 Å². The largest absolute Gasteiger partial charge is 0.330 e. The highest BCUT2D eigenvalue weighted by atomic mass is 32.1. The van der Waals surface area contributed by atoms with Crippen molar-refractivity contribution in [2.45, 2.75) is 25.4 Å². The van der Waals surface area contributed by atoms with Crippen LogP contribution < -0.4 is 0 Å². The minimum atomic E-state index is 0.191. The summed E-state index contributed by atoms with van der Waals surface area (Å²) in [6, 6.07) is 8.46. The van der Waals surface area contributed by atoms with Crippen LogP contribution in [0.2, 0.25) is 0 Å². The van der Waals surface area contributed by atoms with Crippen LogP contribution >= 0.6 is 22.7 Å². The Hall–Kier alpha value is -1.13. The van der Waals surface area contributed by atoms with E-state index in [1.165, 1.54) is 16.2 Å². The summed E-state index contributed by atoms with van der Waals surface area (Å²) in [6.07, 6.45) is 2.31. The van der Waals surface area contributed by atoms with Crippen molar-refractivity contribution in [3.05, 3.63) is 44.8 Å². The monoisotopic (exact) mass is 263 g/mol. The van der Waals surface area contributed by atoms with Crippen molar-refractivity contribution in [3.8, 4) is 0 Å². The van der Waals surface area contributed by atoms with Gasteiger partial charge in [0, 0.05) is 10.9 Å². The molecule has 0 atom stereocenters. The van der Waals surface area contributed by atoms with E-state index in [-0.39, 0.29) is 5.91 Å². The van der Waals surface area contributed by atoms with Gasteiger partial charge in [0.2, 0.25) is 0 Å². The number of nitrogens with zero attached hydrogens (tertiary/aromatic N) is 1. The summed E-state index contributed by atoms with van der Waals surface area (Å²) >= 11 is 3.25. The minimum absolute atomic E-state index is 0.191. The van der Waals surface area contributed by atoms with Crippen LogP contribution in [0.15, 0.2) is 35.0 Å². The van der Waals surface area contributed by atoms with E-state index in [1.54, 1.807) is 11.3 Å². The Kier molecular flexibility index (Phi) is 2.99. The highest BCUT2D eigenvalue weighted by Crippen LogP contribution is 2.31. The maximum absolute atomic E-state index is 12.4. The number of hydrogen-bond donors (Lipinski definition) is 0. The Morgan fingerprint density at radius 2 is 2.00 bits per heavy atom. The van der Waals surface area contributed by atoms with Gasteiger partial charge in [-0.2, -0.15) is 0 Å². The molecule has 1 fully saturated rings. The Bertz CT molecular complexity index is 485. The molecule has 1 saturated carbocycles. The number of carbonyl (C=O) groups excluding carboxylic acids is 1. The number of rotatable bonds is 4. The summed E-state index contributed by atoms with van der Waals surface area (Å²) in [4.78, 5) is 16.5. The first-order valence-corrected chi connectivity index (χ1v) is 7.47. The lowest BCUT2D eigenvalue weighted by Crippen LogP contribution is -2.31. The van der Waals surface area contributed by atoms with Crippen molar-refractivity contribution < 1.29 is 4.79 Å². The molecule has 2 nitrogen and oxygen atoms in total. The molecule has 3 rings (SSSR count). The van der Waals surface area contributed by atoms with Crippen LogP contribution in [0.3, 0.4) is 0 Å². The molecule has 0 aliphatic heterocycles. The van der Waals surface area contributed by atoms with Gasteiger partial charge in [-0.3, -0.25) is 4.79 Å². The quantitative estimate of drug-likeness (QED) is 0.825. The molecule has 1 amide bonds. The average Bonchev–Trinajstić information content (AvgIpc) is 2.86. The standard InChI is InChI=1S/C13H13NOS2/c15-13(12-4-2-8-17-12)14(10-5-6-10)9-11-3-1-7-16-11/h1-4,7-8,10H,5-6,9H2. The highest BCUT2D eigenvalue weighted by molar-refractivity contribution is 7.12. The van der Waals surface area contributed by atoms with Gasteiger partial charge in [0.25, 0.3) is 5.91 Å². The fourth-order valence-electron chi connectivity index (χ4n) is 1.87. The molecule has 1 aliphatic rings. The maximum Gasteiger partial charge on any atom is 0.264 e. The van der Waals surface area contributed by atoms with Crippen LogP contribution in [-0.4, -0.2) is 16.8 Å². The average molecular weight is 263 g/mol. The first kappa shape index (κ1) is 11.0. The van der Waals surface area contributed by atoms with Crippen LogP contribution in [0.4, 0.5) is 0 Å². The summed E-state index contributed by atoms with van der Waals surface area (Å²) in [5, 5.41) is 4.03. The van der Waals surface area contributed by atoms with E-state index in [0.29, 0.717) is 6.04 Å². The van der Waals surface area contributed by atoms with Gasteiger partial charge in [-0.05, 0) is 35.7 Å². The molecule has 17 heavy (non-hydrogen) atoms. The second kappa shape index (κ2) is 4.63. The van der Waals surface area contributed by atoms with Crippen LogP contribution in [0, 0.1) is 0 Å². The molecule has 2 heterocycles. The summed E-state index contributed by atoms with van der Waals surface area (Å²) < 4.78 is 0. The van der Waals surface area contributed by atoms with Crippen molar-refractivity contribution in [1.82, 2.24) is 4.90 Å². The zero-order valence-corrected chi connectivity index (χ0v) is 11.0. The van der Waals surface area contributed by atoms with Crippen molar-refractivity contribution >= 4 is 28.6 Å². The normalized spacial score (nSPS) is 14.8. The highest BCUT2D eigenvalue weighted by Gasteiger charge is 2.33. The molecule has 88 valence electrons. The fourth-order valence-corrected chi connectivity index (χ4v) is 3.25. The second-order valence-electron chi connectivity index (χ2n) is 4.22. The molecule has 2 aromatic heterocycles. The zero-order valence-electron chi connectivity index (χ0n) is 9.33. The lowest BCUT2D eigenvalue weighted by Gasteiger charge is -2.20. The molecule has 1 aliphatic carbocycles. The van der Waals surface area contributed by atoms with Crippen molar-refractivity contribution in [2.75, 3.05) is 0 Å². The molecular formula is C13H13NOS2. The second-order valence-corrected chi connectivity index (χ2v) is 6.20. The van der Waals surface area contributed by atoms with E-state index >= 15 is 0 Å². The van der Waals surface area contributed by atoms with Gasteiger partial charge in [-0.25, -0.2) is 0 Å². The molecule has 0 radical (unpaired) electrons. The SMILES string of the molecule is O=C(c1cccs1)N(Cc1cccs1)C1CC1. The van der Waals surface area contributed by atoms with E-state index in [4.69, 9.17) is 0 Å². The molecule has 0 saturated heterocycles. The summed E-state index contributed by atoms with van der Waals surface area (Å²) in [6.45, 7) is 0.763. The topological polar surface area (TPSA) is 20.3 Å². The Morgan fingerprint density at radius 1 is 1.24 bits per heavy atom. The van der Waals surface area contributed by atoms with Gasteiger partial charge in [0.1, 0.15) is 0 Å². The number of thiophene rings is 2. The smallest absolute Gasteiger partial charge is 0.264 e. The van der Waals surface area contributed by atoms with Crippen molar-refractivity contribution in [1.29, 1.82) is 0 Å². The zero-order chi connectivity index (χ0) is 11.7. The fraction of sp³-hybridized carbons (Fsp3) is 0.308. The third kappa shape index (κ3) is 2.42. The number of amides is 1. The Morgan fingerprint density at radius 3 is 2.59 bits per heavy atom. The van der Waals surface area contributed by atoms with Crippen LogP contribution in [0.1, 0.15) is 27.4 Å². The molecule has 0 bridgehead atoms. The van der Waals surface area contributed by atoms with Gasteiger partial charge < -0.3 is 4.90 Å². The molecule has 0 unspecified atom stereocenters. The van der Waals surface area contributed by atoms with Crippen molar-refractivity contribution in [2.24, 2.45) is 0 Å². The molecule has 4 heteroatoms. The first-order chi connectivity index (χ1) is 8.34. The summed E-state index contributed by atoms with van der Waals surface area (Å²) in [7, 11) is 0. The maximum atomic E-state index is 12.4. The van der Waals surface area contributed by atoms with Gasteiger partial charge in [-0.1, -0.05) is 12.1 Å². The number of carbonyl (C=O) groups is 1. The van der Waals surface area contributed by atoms with Gasteiger partial charge >= 0.3 is 0 Å². The third-order valence-electron chi connectivity index (χ3n) is 2.89. The Labute approximate surface area is 109 Å². The van der Waals surface area contributed by atoms with E-state index in [1.807, 2.05) is 28.5 Å². The van der Waals surface area contributed by atoms with Crippen LogP contribution in [0.25, 0.3) is 0 Å². The van der Waals surface area contributed by atoms with E-state index in [0.717, 1.165) is 24.3 Å². The minimum Gasteiger partial charge on any atom is -0.330 e.